The first-order valence-electron chi connectivity index (χ1n) is 9.46. The summed E-state index contributed by atoms with van der Waals surface area (Å²) < 4.78 is 10.4. The summed E-state index contributed by atoms with van der Waals surface area (Å²) in [6.07, 6.45) is 0. The Balaban J connectivity index is 1.65. The van der Waals surface area contributed by atoms with Gasteiger partial charge in [-0.05, 0) is 25.5 Å². The molecule has 7 heteroatoms. The molecule has 2 aliphatic rings. The van der Waals surface area contributed by atoms with E-state index in [1.807, 2.05) is 56.3 Å². The fourth-order valence-corrected chi connectivity index (χ4v) is 5.72. The number of hydrogen-bond acceptors (Lipinski definition) is 5. The summed E-state index contributed by atoms with van der Waals surface area (Å²) in [5.74, 6) is 0.584. The standard InChI is InChI=1S/C22H24N2O4S/c1-22(2)18(19(25)23-12-13-8-6-5-7-9-13)24-20(26)16-14(21(24)29-22)10-11-15(27-3)17(16)28-4/h5-11,18,21H,12H2,1-4H3,(H,23,25). The van der Waals surface area contributed by atoms with Gasteiger partial charge < -0.3 is 19.7 Å². The van der Waals surface area contributed by atoms with Crippen LogP contribution in [0.25, 0.3) is 0 Å². The van der Waals surface area contributed by atoms with Crippen LogP contribution in [0, 0.1) is 0 Å². The molecule has 0 bridgehead atoms. The molecular weight excluding hydrogens is 388 g/mol. The van der Waals surface area contributed by atoms with Crippen molar-refractivity contribution in [1.82, 2.24) is 10.2 Å². The van der Waals surface area contributed by atoms with Crippen molar-refractivity contribution in [2.24, 2.45) is 0 Å². The van der Waals surface area contributed by atoms with Gasteiger partial charge in [-0.1, -0.05) is 36.4 Å². The summed E-state index contributed by atoms with van der Waals surface area (Å²) in [4.78, 5) is 28.3. The smallest absolute Gasteiger partial charge is 0.260 e. The van der Waals surface area contributed by atoms with Crippen LogP contribution in [0.15, 0.2) is 42.5 Å². The summed E-state index contributed by atoms with van der Waals surface area (Å²) in [5, 5.41) is 2.78. The second-order valence-electron chi connectivity index (χ2n) is 7.66. The van der Waals surface area contributed by atoms with Crippen molar-refractivity contribution in [3.8, 4) is 11.5 Å². The zero-order valence-corrected chi connectivity index (χ0v) is 17.7. The van der Waals surface area contributed by atoms with Gasteiger partial charge in [-0.15, -0.1) is 11.8 Å². The van der Waals surface area contributed by atoms with Gasteiger partial charge in [0, 0.05) is 16.9 Å². The van der Waals surface area contributed by atoms with Crippen molar-refractivity contribution in [2.45, 2.75) is 36.6 Å². The normalized spacial score (nSPS) is 21.5. The second-order valence-corrected chi connectivity index (χ2v) is 9.39. The van der Waals surface area contributed by atoms with E-state index in [0.717, 1.165) is 11.1 Å². The van der Waals surface area contributed by atoms with Crippen LogP contribution < -0.4 is 14.8 Å². The van der Waals surface area contributed by atoms with E-state index in [-0.39, 0.29) is 17.2 Å². The molecule has 1 N–H and O–H groups in total. The predicted molar refractivity (Wildman–Crippen MR) is 112 cm³/mol. The first kappa shape index (κ1) is 19.6. The molecule has 2 amide bonds. The van der Waals surface area contributed by atoms with Crippen LogP contribution in [0.1, 0.15) is 40.7 Å². The molecule has 0 aromatic heterocycles. The highest BCUT2D eigenvalue weighted by atomic mass is 32.2. The van der Waals surface area contributed by atoms with E-state index < -0.39 is 10.8 Å². The molecule has 0 radical (unpaired) electrons. The Bertz CT molecular complexity index is 961. The number of fused-ring (bicyclic) bond motifs is 3. The minimum atomic E-state index is -0.586. The van der Waals surface area contributed by atoms with Gasteiger partial charge in [0.05, 0.1) is 19.8 Å². The van der Waals surface area contributed by atoms with Crippen molar-refractivity contribution in [3.05, 3.63) is 59.2 Å². The molecule has 6 nitrogen and oxygen atoms in total. The first-order valence-corrected chi connectivity index (χ1v) is 10.3. The van der Waals surface area contributed by atoms with Crippen molar-refractivity contribution < 1.29 is 19.1 Å². The zero-order valence-electron chi connectivity index (χ0n) is 16.9. The maximum Gasteiger partial charge on any atom is 0.260 e. The highest BCUT2D eigenvalue weighted by molar-refractivity contribution is 8.01. The third kappa shape index (κ3) is 3.13. The van der Waals surface area contributed by atoms with Crippen LogP contribution >= 0.6 is 11.8 Å². The second kappa shape index (κ2) is 7.30. The van der Waals surface area contributed by atoms with Crippen LogP contribution in [-0.4, -0.2) is 41.7 Å². The first-order chi connectivity index (χ1) is 13.9. The highest BCUT2D eigenvalue weighted by Crippen LogP contribution is 2.58. The molecule has 1 fully saturated rings. The van der Waals surface area contributed by atoms with Crippen LogP contribution in [0.5, 0.6) is 11.5 Å². The Morgan fingerprint density at radius 1 is 1.14 bits per heavy atom. The van der Waals surface area contributed by atoms with Crippen molar-refractivity contribution in [3.63, 3.8) is 0 Å². The molecule has 0 saturated carbocycles. The van der Waals surface area contributed by atoms with E-state index in [1.54, 1.807) is 23.8 Å². The number of rotatable bonds is 5. The third-order valence-electron chi connectivity index (χ3n) is 5.45. The minimum absolute atomic E-state index is 0.152. The molecule has 152 valence electrons. The van der Waals surface area contributed by atoms with Gasteiger partial charge in [0.1, 0.15) is 11.4 Å². The van der Waals surface area contributed by atoms with Crippen LogP contribution in [0.3, 0.4) is 0 Å². The van der Waals surface area contributed by atoms with Crippen LogP contribution in [0.2, 0.25) is 0 Å². The van der Waals surface area contributed by atoms with E-state index in [2.05, 4.69) is 5.32 Å². The number of hydrogen-bond donors (Lipinski definition) is 1. The van der Waals surface area contributed by atoms with E-state index in [9.17, 15) is 9.59 Å². The molecule has 1 saturated heterocycles. The Kier molecular flexibility index (Phi) is 4.94. The Hall–Kier alpha value is -2.67. The van der Waals surface area contributed by atoms with E-state index in [4.69, 9.17) is 9.47 Å². The minimum Gasteiger partial charge on any atom is -0.493 e. The van der Waals surface area contributed by atoms with Crippen molar-refractivity contribution >= 4 is 23.6 Å². The Morgan fingerprint density at radius 2 is 1.86 bits per heavy atom. The number of nitrogens with zero attached hydrogens (tertiary/aromatic N) is 1. The summed E-state index contributed by atoms with van der Waals surface area (Å²) in [5.41, 5.74) is 2.37. The number of nitrogens with one attached hydrogen (secondary N) is 1. The summed E-state index contributed by atoms with van der Waals surface area (Å²) >= 11 is 1.62. The number of benzene rings is 2. The van der Waals surface area contributed by atoms with Gasteiger partial charge in [-0.2, -0.15) is 0 Å². The molecule has 0 spiro atoms. The average molecular weight is 413 g/mol. The monoisotopic (exact) mass is 412 g/mol. The van der Waals surface area contributed by atoms with Crippen LogP contribution in [0.4, 0.5) is 0 Å². The van der Waals surface area contributed by atoms with Crippen LogP contribution in [-0.2, 0) is 11.3 Å². The highest BCUT2D eigenvalue weighted by Gasteiger charge is 2.58. The van der Waals surface area contributed by atoms with E-state index in [1.165, 1.54) is 7.11 Å². The molecule has 29 heavy (non-hydrogen) atoms. The molecule has 2 aromatic rings. The Morgan fingerprint density at radius 3 is 2.52 bits per heavy atom. The zero-order chi connectivity index (χ0) is 20.8. The lowest BCUT2D eigenvalue weighted by atomic mass is 10.0. The van der Waals surface area contributed by atoms with Gasteiger partial charge in [0.2, 0.25) is 5.91 Å². The number of thioether (sulfide) groups is 1. The number of amides is 2. The fraction of sp³-hybridized carbons (Fsp3) is 0.364. The molecule has 2 aliphatic heterocycles. The quantitative estimate of drug-likeness (QED) is 0.816. The summed E-state index contributed by atoms with van der Waals surface area (Å²) in [6.45, 7) is 4.45. The number of carbonyl (C=O) groups excluding carboxylic acids is 2. The topological polar surface area (TPSA) is 67.9 Å². The molecule has 2 heterocycles. The Labute approximate surface area is 174 Å². The van der Waals surface area contributed by atoms with Crippen molar-refractivity contribution in [1.29, 1.82) is 0 Å². The lowest BCUT2D eigenvalue weighted by molar-refractivity contribution is -0.126. The molecule has 0 aliphatic carbocycles. The molecule has 4 rings (SSSR count). The van der Waals surface area contributed by atoms with Crippen molar-refractivity contribution in [2.75, 3.05) is 14.2 Å². The van der Waals surface area contributed by atoms with Gasteiger partial charge in [0.15, 0.2) is 11.5 Å². The summed E-state index contributed by atoms with van der Waals surface area (Å²) in [6, 6.07) is 12.9. The molecule has 2 atom stereocenters. The molecular formula is C22H24N2O4S. The van der Waals surface area contributed by atoms with Gasteiger partial charge in [0.25, 0.3) is 5.91 Å². The number of ether oxygens (including phenoxy) is 2. The maximum atomic E-state index is 13.4. The van der Waals surface area contributed by atoms with E-state index in [0.29, 0.717) is 23.6 Å². The lowest BCUT2D eigenvalue weighted by Gasteiger charge is -2.29. The molecule has 2 unspecified atom stereocenters. The van der Waals surface area contributed by atoms with E-state index >= 15 is 0 Å². The van der Waals surface area contributed by atoms with Gasteiger partial charge in [-0.25, -0.2) is 0 Å². The average Bonchev–Trinajstić information content (AvgIpc) is 3.15. The number of carbonyl (C=O) groups is 2. The van der Waals surface area contributed by atoms with Gasteiger partial charge in [-0.3, -0.25) is 9.59 Å². The van der Waals surface area contributed by atoms with Gasteiger partial charge >= 0.3 is 0 Å². The summed E-state index contributed by atoms with van der Waals surface area (Å²) in [7, 11) is 3.07. The number of methoxy groups -OCH3 is 2. The lowest BCUT2D eigenvalue weighted by Crippen LogP contribution is -2.52. The molecule has 2 aromatic carbocycles. The fourth-order valence-electron chi connectivity index (χ4n) is 4.14. The predicted octanol–water partition coefficient (Wildman–Crippen LogP) is 3.37. The third-order valence-corrected chi connectivity index (χ3v) is 6.99. The SMILES string of the molecule is COc1ccc2c(c1OC)C(=O)N1C2SC(C)(C)C1C(=O)NCc1ccccc1. The largest absolute Gasteiger partial charge is 0.493 e. The maximum absolute atomic E-state index is 13.4.